The van der Waals surface area contributed by atoms with Crippen molar-refractivity contribution in [3.8, 4) is 0 Å². The van der Waals surface area contributed by atoms with Gasteiger partial charge in [-0.05, 0) is 49.6 Å². The Morgan fingerprint density at radius 3 is 2.72 bits per heavy atom. The van der Waals surface area contributed by atoms with E-state index in [-0.39, 0.29) is 16.5 Å². The quantitative estimate of drug-likeness (QED) is 0.738. The lowest BCUT2D eigenvalue weighted by molar-refractivity contribution is -0.126. The Hall–Kier alpha value is -2.04. The number of rotatable bonds is 3. The van der Waals surface area contributed by atoms with Gasteiger partial charge in [0.2, 0.25) is 0 Å². The molecule has 0 saturated heterocycles. The molecule has 2 aromatic rings. The molecule has 0 saturated carbocycles. The fraction of sp³-hybridized carbons (Fsp3) is 0.263. The number of amides is 1. The summed E-state index contributed by atoms with van der Waals surface area (Å²) >= 11 is 11.9. The highest BCUT2D eigenvalue weighted by Gasteiger charge is 2.29. The van der Waals surface area contributed by atoms with Crippen LogP contribution < -0.4 is 4.90 Å². The predicted octanol–water partition coefficient (Wildman–Crippen LogP) is 4.52. The van der Waals surface area contributed by atoms with Crippen LogP contribution in [0.25, 0.3) is 0 Å². The zero-order valence-electron chi connectivity index (χ0n) is 13.7. The van der Waals surface area contributed by atoms with Crippen LogP contribution >= 0.6 is 23.2 Å². The van der Waals surface area contributed by atoms with Crippen LogP contribution in [0.4, 0.5) is 5.69 Å². The SMILES string of the molecule is CC(OC(=O)c1cc(Cl)ccc1Cl)C(=O)N1CCCc2ccccc21. The number of aryl methyl sites for hydroxylation is 1. The Labute approximate surface area is 156 Å². The fourth-order valence-corrected chi connectivity index (χ4v) is 3.28. The smallest absolute Gasteiger partial charge is 0.340 e. The number of benzene rings is 2. The van der Waals surface area contributed by atoms with Crippen LogP contribution in [0.15, 0.2) is 42.5 Å². The summed E-state index contributed by atoms with van der Waals surface area (Å²) in [4.78, 5) is 26.8. The lowest BCUT2D eigenvalue weighted by Crippen LogP contribution is -2.42. The number of para-hydroxylation sites is 1. The summed E-state index contributed by atoms with van der Waals surface area (Å²) in [6.45, 7) is 2.17. The molecule has 0 aromatic heterocycles. The van der Waals surface area contributed by atoms with Crippen LogP contribution in [-0.4, -0.2) is 24.5 Å². The van der Waals surface area contributed by atoms with Crippen molar-refractivity contribution in [1.29, 1.82) is 0 Å². The zero-order valence-corrected chi connectivity index (χ0v) is 15.2. The maximum absolute atomic E-state index is 12.8. The van der Waals surface area contributed by atoms with Crippen LogP contribution in [0.1, 0.15) is 29.3 Å². The minimum Gasteiger partial charge on any atom is -0.449 e. The van der Waals surface area contributed by atoms with Crippen molar-refractivity contribution in [2.45, 2.75) is 25.9 Å². The standard InChI is InChI=1S/C19H17Cl2NO3/c1-12(25-19(24)15-11-14(20)8-9-16(15)21)18(23)22-10-4-6-13-5-2-3-7-17(13)22/h2-3,5,7-9,11-12H,4,6,10H2,1H3. The molecule has 1 heterocycles. The summed E-state index contributed by atoms with van der Waals surface area (Å²) in [5, 5.41) is 0.609. The predicted molar refractivity (Wildman–Crippen MR) is 98.5 cm³/mol. The van der Waals surface area contributed by atoms with Gasteiger partial charge in [0.25, 0.3) is 5.91 Å². The molecule has 0 N–H and O–H groups in total. The van der Waals surface area contributed by atoms with Gasteiger partial charge in [-0.3, -0.25) is 4.79 Å². The van der Waals surface area contributed by atoms with Crippen LogP contribution in [0.5, 0.6) is 0 Å². The highest BCUT2D eigenvalue weighted by molar-refractivity contribution is 6.35. The molecule has 6 heteroatoms. The van der Waals surface area contributed by atoms with Crippen LogP contribution in [0.2, 0.25) is 10.0 Å². The van der Waals surface area contributed by atoms with E-state index in [9.17, 15) is 9.59 Å². The van der Waals surface area contributed by atoms with E-state index in [1.54, 1.807) is 17.9 Å². The van der Waals surface area contributed by atoms with E-state index < -0.39 is 12.1 Å². The van der Waals surface area contributed by atoms with Crippen LogP contribution in [-0.2, 0) is 16.0 Å². The summed E-state index contributed by atoms with van der Waals surface area (Å²) in [6, 6.07) is 12.3. The lowest BCUT2D eigenvalue weighted by Gasteiger charge is -2.31. The maximum Gasteiger partial charge on any atom is 0.340 e. The maximum atomic E-state index is 12.8. The summed E-state index contributed by atoms with van der Waals surface area (Å²) in [7, 11) is 0. The van der Waals surface area contributed by atoms with Crippen molar-refractivity contribution in [3.05, 3.63) is 63.6 Å². The number of nitrogens with zero attached hydrogens (tertiary/aromatic N) is 1. The molecule has 0 fully saturated rings. The third-order valence-electron chi connectivity index (χ3n) is 4.16. The Morgan fingerprint density at radius 2 is 1.92 bits per heavy atom. The van der Waals surface area contributed by atoms with Crippen molar-refractivity contribution < 1.29 is 14.3 Å². The highest BCUT2D eigenvalue weighted by Crippen LogP contribution is 2.28. The Kier molecular flexibility index (Phi) is 5.30. The molecule has 2 aromatic carbocycles. The number of ether oxygens (including phenoxy) is 1. The van der Waals surface area contributed by atoms with Gasteiger partial charge in [-0.15, -0.1) is 0 Å². The third-order valence-corrected chi connectivity index (χ3v) is 4.72. The number of anilines is 1. The van der Waals surface area contributed by atoms with Crippen molar-refractivity contribution >= 4 is 40.8 Å². The molecule has 1 aliphatic rings. The average Bonchev–Trinajstić information content (AvgIpc) is 2.62. The van der Waals surface area contributed by atoms with Gasteiger partial charge in [0.05, 0.1) is 10.6 Å². The van der Waals surface area contributed by atoms with E-state index in [0.29, 0.717) is 11.6 Å². The fourth-order valence-electron chi connectivity index (χ4n) is 2.91. The second kappa shape index (κ2) is 7.46. The number of carbonyl (C=O) groups excluding carboxylic acids is 2. The summed E-state index contributed by atoms with van der Waals surface area (Å²) in [6.07, 6.45) is 0.893. The van der Waals surface area contributed by atoms with E-state index in [0.717, 1.165) is 24.1 Å². The first-order valence-electron chi connectivity index (χ1n) is 8.02. The molecule has 4 nitrogen and oxygen atoms in total. The molecule has 1 aliphatic heterocycles. The van der Waals surface area contributed by atoms with E-state index in [1.807, 2.05) is 24.3 Å². The zero-order chi connectivity index (χ0) is 18.0. The third kappa shape index (κ3) is 3.80. The number of hydrogen-bond donors (Lipinski definition) is 0. The minimum atomic E-state index is -0.922. The number of esters is 1. The lowest BCUT2D eigenvalue weighted by atomic mass is 10.0. The average molecular weight is 378 g/mol. The normalized spacial score (nSPS) is 14.6. The Bertz CT molecular complexity index is 822. The largest absolute Gasteiger partial charge is 0.449 e. The van der Waals surface area contributed by atoms with E-state index >= 15 is 0 Å². The topological polar surface area (TPSA) is 46.6 Å². The molecule has 3 rings (SSSR count). The molecule has 0 aliphatic carbocycles. The number of carbonyl (C=O) groups is 2. The van der Waals surface area contributed by atoms with Gasteiger partial charge < -0.3 is 9.64 Å². The summed E-state index contributed by atoms with van der Waals surface area (Å²) in [5.41, 5.74) is 2.15. The molecule has 0 radical (unpaired) electrons. The van der Waals surface area contributed by atoms with Gasteiger partial charge in [-0.25, -0.2) is 4.79 Å². The van der Waals surface area contributed by atoms with Gasteiger partial charge >= 0.3 is 5.97 Å². The molecule has 1 atom stereocenters. The first kappa shape index (κ1) is 17.8. The molecule has 0 bridgehead atoms. The molecule has 0 spiro atoms. The summed E-state index contributed by atoms with van der Waals surface area (Å²) in [5.74, 6) is -0.919. The highest BCUT2D eigenvalue weighted by atomic mass is 35.5. The van der Waals surface area contributed by atoms with E-state index in [1.165, 1.54) is 12.1 Å². The monoisotopic (exact) mass is 377 g/mol. The first-order chi connectivity index (χ1) is 12.0. The van der Waals surface area contributed by atoms with Gasteiger partial charge in [0.15, 0.2) is 6.10 Å². The minimum absolute atomic E-state index is 0.146. The molecular formula is C19H17Cl2NO3. The number of hydrogen-bond acceptors (Lipinski definition) is 3. The molecule has 1 amide bonds. The van der Waals surface area contributed by atoms with Gasteiger partial charge in [-0.1, -0.05) is 41.4 Å². The number of halogens is 2. The molecule has 130 valence electrons. The van der Waals surface area contributed by atoms with Gasteiger partial charge in [0.1, 0.15) is 0 Å². The molecular weight excluding hydrogens is 361 g/mol. The summed E-state index contributed by atoms with van der Waals surface area (Å²) < 4.78 is 5.33. The van der Waals surface area contributed by atoms with E-state index in [4.69, 9.17) is 27.9 Å². The van der Waals surface area contributed by atoms with Crippen molar-refractivity contribution in [1.82, 2.24) is 0 Å². The Balaban J connectivity index is 1.75. The van der Waals surface area contributed by atoms with Crippen molar-refractivity contribution in [3.63, 3.8) is 0 Å². The van der Waals surface area contributed by atoms with Gasteiger partial charge in [-0.2, -0.15) is 0 Å². The van der Waals surface area contributed by atoms with Crippen molar-refractivity contribution in [2.24, 2.45) is 0 Å². The van der Waals surface area contributed by atoms with Crippen molar-refractivity contribution in [2.75, 3.05) is 11.4 Å². The Morgan fingerprint density at radius 1 is 1.16 bits per heavy atom. The van der Waals surface area contributed by atoms with Gasteiger partial charge in [0, 0.05) is 17.3 Å². The van der Waals surface area contributed by atoms with Crippen LogP contribution in [0, 0.1) is 0 Å². The molecule has 25 heavy (non-hydrogen) atoms. The van der Waals surface area contributed by atoms with Crippen LogP contribution in [0.3, 0.4) is 0 Å². The van der Waals surface area contributed by atoms with E-state index in [2.05, 4.69) is 0 Å². The number of fused-ring (bicyclic) bond motifs is 1. The second-order valence-electron chi connectivity index (χ2n) is 5.89. The molecule has 1 unspecified atom stereocenters. The first-order valence-corrected chi connectivity index (χ1v) is 8.78. The second-order valence-corrected chi connectivity index (χ2v) is 6.74.